The number of alkyl halides is 12. The third-order valence-electron chi connectivity index (χ3n) is 1.64. The molecule has 0 aliphatic carbocycles. The average Bonchev–Trinajstić information content (AvgIpc) is 2.34. The van der Waals surface area contributed by atoms with E-state index in [1.807, 2.05) is 0 Å². The molecular formula is C10H2CoF12O4. The van der Waals surface area contributed by atoms with Crippen molar-refractivity contribution in [3.63, 3.8) is 0 Å². The van der Waals surface area contributed by atoms with Gasteiger partial charge in [0.05, 0.1) is 0 Å². The third kappa shape index (κ3) is 13.0. The van der Waals surface area contributed by atoms with Gasteiger partial charge in [-0.1, -0.05) is 0 Å². The molecule has 0 aromatic heterocycles. The van der Waals surface area contributed by atoms with Crippen LogP contribution >= 0.6 is 0 Å². The van der Waals surface area contributed by atoms with E-state index in [0.717, 1.165) is 0 Å². The Hall–Kier alpha value is -1.91. The fourth-order valence-corrected chi connectivity index (χ4v) is 0.565. The molecule has 4 nitrogen and oxygen atoms in total. The largest absolute Gasteiger partial charge is 2.00 e. The first-order valence-electron chi connectivity index (χ1n) is 5.24. The van der Waals surface area contributed by atoms with Gasteiger partial charge in [-0.3, -0.25) is 9.59 Å². The Morgan fingerprint density at radius 3 is 0.815 bits per heavy atom. The quantitative estimate of drug-likeness (QED) is 0.349. The summed E-state index contributed by atoms with van der Waals surface area (Å²) in [6, 6.07) is 0. The molecule has 27 heavy (non-hydrogen) atoms. The van der Waals surface area contributed by atoms with Crippen LogP contribution in [-0.4, -0.2) is 36.3 Å². The smallest absolute Gasteiger partial charge is 0.869 e. The SMILES string of the molecule is O=C(C=C([O-])C(F)(F)F)C(F)(F)F.O=C(C=C([O-])C(F)(F)F)C(F)(F)F.[Co+2]. The number of rotatable bonds is 2. The maximum atomic E-state index is 11.3. The van der Waals surface area contributed by atoms with Crippen molar-refractivity contribution in [2.45, 2.75) is 24.7 Å². The Morgan fingerprint density at radius 1 is 0.519 bits per heavy atom. The van der Waals surface area contributed by atoms with E-state index in [2.05, 4.69) is 0 Å². The van der Waals surface area contributed by atoms with Crippen LogP contribution in [0.5, 0.6) is 0 Å². The second kappa shape index (κ2) is 9.86. The number of hydrogen-bond acceptors (Lipinski definition) is 4. The van der Waals surface area contributed by atoms with Crippen LogP contribution in [0.3, 0.4) is 0 Å². The van der Waals surface area contributed by atoms with Crippen molar-refractivity contribution in [3.05, 3.63) is 23.7 Å². The molecule has 1 radical (unpaired) electrons. The van der Waals surface area contributed by atoms with Gasteiger partial charge in [0.15, 0.2) is 0 Å². The van der Waals surface area contributed by atoms with Crippen molar-refractivity contribution in [1.29, 1.82) is 0 Å². The van der Waals surface area contributed by atoms with E-state index in [-0.39, 0.29) is 16.8 Å². The molecule has 0 bridgehead atoms. The number of ketones is 2. The summed E-state index contributed by atoms with van der Waals surface area (Å²) in [6.45, 7) is 0. The number of allylic oxidation sites excluding steroid dienone is 4. The van der Waals surface area contributed by atoms with Gasteiger partial charge in [0.2, 0.25) is 0 Å². The minimum absolute atomic E-state index is 0. The van der Waals surface area contributed by atoms with E-state index < -0.39 is 59.9 Å². The van der Waals surface area contributed by atoms with Crippen LogP contribution < -0.4 is 10.2 Å². The molecule has 0 unspecified atom stereocenters. The minimum atomic E-state index is -5.46. The van der Waals surface area contributed by atoms with Crippen molar-refractivity contribution < 1.29 is 89.3 Å². The van der Waals surface area contributed by atoms with Crippen molar-refractivity contribution in [3.8, 4) is 0 Å². The van der Waals surface area contributed by atoms with Gasteiger partial charge >= 0.3 is 41.5 Å². The molecule has 0 rings (SSSR count). The molecule has 0 aliphatic heterocycles. The summed E-state index contributed by atoms with van der Waals surface area (Å²) in [5, 5.41) is 19.6. The first kappa shape index (κ1) is 29.8. The number of carbonyl (C=O) groups excluding carboxylic acids is 2. The van der Waals surface area contributed by atoms with E-state index >= 15 is 0 Å². The predicted octanol–water partition coefficient (Wildman–Crippen LogP) is 1.85. The Kier molecular flexibility index (Phi) is 10.9. The molecule has 0 fully saturated rings. The second-order valence-corrected chi connectivity index (χ2v) is 3.74. The van der Waals surface area contributed by atoms with Gasteiger partial charge in [-0.05, 0) is 23.7 Å². The Bertz CT molecular complexity index is 527. The summed E-state index contributed by atoms with van der Waals surface area (Å²) in [5.74, 6) is -11.3. The molecule has 0 saturated heterocycles. The zero-order valence-electron chi connectivity index (χ0n) is 11.7. The monoisotopic (exact) mass is 473 g/mol. The van der Waals surface area contributed by atoms with Gasteiger partial charge in [-0.15, -0.1) is 0 Å². The van der Waals surface area contributed by atoms with Crippen LogP contribution in [0.4, 0.5) is 52.7 Å². The normalized spacial score (nSPS) is 13.9. The molecule has 0 heterocycles. The van der Waals surface area contributed by atoms with Crippen LogP contribution in [0.1, 0.15) is 0 Å². The number of hydrogen-bond donors (Lipinski definition) is 0. The molecule has 0 aromatic rings. The summed E-state index contributed by atoms with van der Waals surface area (Å²) in [7, 11) is 0. The van der Waals surface area contributed by atoms with E-state index in [0.29, 0.717) is 0 Å². The third-order valence-corrected chi connectivity index (χ3v) is 1.64. The Balaban J connectivity index is -0.000000411. The molecule has 0 amide bonds. The number of halogens is 12. The standard InChI is InChI=1S/2C5H2F6O2.Co/c2*6-4(7,8)2(12)1-3(13)5(9,10)11;/h2*1,12H;/q;;+2/p-2. The molecule has 17 heteroatoms. The van der Waals surface area contributed by atoms with Crippen molar-refractivity contribution in [2.24, 2.45) is 0 Å². The molecule has 0 atom stereocenters. The van der Waals surface area contributed by atoms with Gasteiger partial charge in [-0.2, -0.15) is 52.7 Å². The average molecular weight is 473 g/mol. The van der Waals surface area contributed by atoms with Crippen molar-refractivity contribution in [2.75, 3.05) is 0 Å². The molecule has 0 N–H and O–H groups in total. The topological polar surface area (TPSA) is 80.3 Å². The van der Waals surface area contributed by atoms with Gasteiger partial charge in [0.25, 0.3) is 11.6 Å². The van der Waals surface area contributed by atoms with E-state index in [1.54, 1.807) is 0 Å². The fourth-order valence-electron chi connectivity index (χ4n) is 0.565. The van der Waals surface area contributed by atoms with Crippen LogP contribution in [-0.2, 0) is 26.4 Å². The van der Waals surface area contributed by atoms with Gasteiger partial charge in [0.1, 0.15) is 0 Å². The van der Waals surface area contributed by atoms with Crippen LogP contribution in [0.25, 0.3) is 0 Å². The first-order chi connectivity index (χ1) is 11.1. The van der Waals surface area contributed by atoms with E-state index in [1.165, 1.54) is 0 Å². The Labute approximate surface area is 150 Å². The molecule has 159 valence electrons. The minimum Gasteiger partial charge on any atom is -0.869 e. The van der Waals surface area contributed by atoms with E-state index in [4.69, 9.17) is 0 Å². The maximum absolute atomic E-state index is 11.3. The van der Waals surface area contributed by atoms with Gasteiger partial charge in [-0.25, -0.2) is 0 Å². The Morgan fingerprint density at radius 2 is 0.704 bits per heavy atom. The predicted molar refractivity (Wildman–Crippen MR) is 50.4 cm³/mol. The van der Waals surface area contributed by atoms with Crippen molar-refractivity contribution >= 4 is 11.6 Å². The molecular weight excluding hydrogens is 471 g/mol. The first-order valence-corrected chi connectivity index (χ1v) is 5.24. The summed E-state index contributed by atoms with van der Waals surface area (Å²) in [6.07, 6.45) is -23.9. The summed E-state index contributed by atoms with van der Waals surface area (Å²) >= 11 is 0. The molecule has 0 aromatic carbocycles. The summed E-state index contributed by atoms with van der Waals surface area (Å²) in [5.41, 5.74) is 0. The maximum Gasteiger partial charge on any atom is 2.00 e. The second-order valence-electron chi connectivity index (χ2n) is 3.74. The van der Waals surface area contributed by atoms with Gasteiger partial charge < -0.3 is 10.2 Å². The van der Waals surface area contributed by atoms with Crippen LogP contribution in [0.2, 0.25) is 0 Å². The zero-order chi connectivity index (χ0) is 21.7. The van der Waals surface area contributed by atoms with Crippen molar-refractivity contribution in [1.82, 2.24) is 0 Å². The molecule has 0 spiro atoms. The van der Waals surface area contributed by atoms with Crippen LogP contribution in [0.15, 0.2) is 23.7 Å². The fraction of sp³-hybridized carbons (Fsp3) is 0.400. The molecule has 0 aliphatic rings. The van der Waals surface area contributed by atoms with Crippen LogP contribution in [0, 0.1) is 0 Å². The molecule has 0 saturated carbocycles. The number of carbonyl (C=O) groups is 2. The van der Waals surface area contributed by atoms with E-state index in [9.17, 15) is 72.5 Å². The van der Waals surface area contributed by atoms with Gasteiger partial charge in [0, 0.05) is 0 Å². The summed E-state index contributed by atoms with van der Waals surface area (Å²) in [4.78, 5) is 19.6. The summed E-state index contributed by atoms with van der Waals surface area (Å²) < 4.78 is 136. The zero-order valence-corrected chi connectivity index (χ0v) is 12.7.